The Bertz CT molecular complexity index is 702. The van der Waals surface area contributed by atoms with Gasteiger partial charge in [0.05, 0.1) is 24.7 Å². The van der Waals surface area contributed by atoms with Crippen molar-refractivity contribution >= 4 is 34.7 Å². The Kier molecular flexibility index (Phi) is 6.44. The van der Waals surface area contributed by atoms with Gasteiger partial charge in [-0.15, -0.1) is 0 Å². The van der Waals surface area contributed by atoms with E-state index >= 15 is 0 Å². The van der Waals surface area contributed by atoms with Gasteiger partial charge in [0.1, 0.15) is 11.6 Å². The second-order valence-corrected chi connectivity index (χ2v) is 5.92. The molecular weight excluding hydrogens is 326 g/mol. The minimum atomic E-state index is -0.0138. The van der Waals surface area contributed by atoms with Crippen molar-refractivity contribution < 1.29 is 9.53 Å². The number of aryl methyl sites for hydroxylation is 1. The van der Waals surface area contributed by atoms with E-state index in [2.05, 4.69) is 22.5 Å². The van der Waals surface area contributed by atoms with Gasteiger partial charge in [0, 0.05) is 17.5 Å². The quantitative estimate of drug-likeness (QED) is 0.745. The Hall–Kier alpha value is -2.27. The zero-order chi connectivity index (χ0) is 17.5. The van der Waals surface area contributed by atoms with Crippen LogP contribution >= 0.6 is 11.6 Å². The molecule has 0 aliphatic carbocycles. The molecule has 1 aromatic heterocycles. The molecule has 1 aromatic carbocycles. The second-order valence-electron chi connectivity index (χ2n) is 5.51. The molecule has 0 unspecified atom stereocenters. The van der Waals surface area contributed by atoms with E-state index in [1.807, 2.05) is 19.1 Å². The molecule has 0 bridgehead atoms. The molecular formula is C18H22ClN3O2. The smallest absolute Gasteiger partial charge is 0.225 e. The van der Waals surface area contributed by atoms with E-state index in [0.29, 0.717) is 23.0 Å². The van der Waals surface area contributed by atoms with Crippen molar-refractivity contribution in [2.75, 3.05) is 17.7 Å². The van der Waals surface area contributed by atoms with Crippen molar-refractivity contribution in [2.45, 2.75) is 33.1 Å². The van der Waals surface area contributed by atoms with Gasteiger partial charge in [-0.25, -0.2) is 4.98 Å². The number of benzene rings is 1. The maximum atomic E-state index is 11.7. The summed E-state index contributed by atoms with van der Waals surface area (Å²) in [6.07, 6.45) is 4.05. The fourth-order valence-corrected chi connectivity index (χ4v) is 2.32. The number of hydrogen-bond donors (Lipinski definition) is 2. The molecule has 128 valence electrons. The number of pyridine rings is 1. The van der Waals surface area contributed by atoms with E-state index in [1.54, 1.807) is 25.4 Å². The van der Waals surface area contributed by atoms with Crippen LogP contribution in [0.3, 0.4) is 0 Å². The fourth-order valence-electron chi connectivity index (χ4n) is 2.17. The van der Waals surface area contributed by atoms with Crippen LogP contribution in [0.2, 0.25) is 5.02 Å². The normalized spacial score (nSPS) is 10.3. The predicted molar refractivity (Wildman–Crippen MR) is 98.4 cm³/mol. The first-order valence-corrected chi connectivity index (χ1v) is 8.28. The first-order chi connectivity index (χ1) is 11.5. The van der Waals surface area contributed by atoms with Gasteiger partial charge in [0.15, 0.2) is 0 Å². The Labute approximate surface area is 147 Å². The lowest BCUT2D eigenvalue weighted by Crippen LogP contribution is -2.12. The minimum Gasteiger partial charge on any atom is -0.495 e. The van der Waals surface area contributed by atoms with Crippen LogP contribution in [0.1, 0.15) is 31.7 Å². The maximum Gasteiger partial charge on any atom is 0.225 e. The highest BCUT2D eigenvalue weighted by Gasteiger charge is 2.08. The van der Waals surface area contributed by atoms with Crippen LogP contribution in [-0.4, -0.2) is 18.0 Å². The number of ether oxygens (including phenoxy) is 1. The van der Waals surface area contributed by atoms with Crippen molar-refractivity contribution in [3.8, 4) is 5.75 Å². The number of rotatable bonds is 7. The molecule has 0 saturated heterocycles. The lowest BCUT2D eigenvalue weighted by Gasteiger charge is -2.13. The summed E-state index contributed by atoms with van der Waals surface area (Å²) in [7, 11) is 1.60. The molecule has 0 atom stereocenters. The lowest BCUT2D eigenvalue weighted by atomic mass is 10.2. The van der Waals surface area contributed by atoms with E-state index in [9.17, 15) is 4.79 Å². The molecule has 0 radical (unpaired) electrons. The average Bonchev–Trinajstić information content (AvgIpc) is 2.57. The summed E-state index contributed by atoms with van der Waals surface area (Å²) >= 11 is 6.11. The standard InChI is InChI=1S/C18H22ClN3O2/c1-4-5-6-18(23)22-17-8-7-13(11-20-17)21-15-9-12(2)14(19)10-16(15)24-3/h7-11,21H,4-6H2,1-3H3,(H,20,22,23). The number of aromatic nitrogens is 1. The second kappa shape index (κ2) is 8.55. The van der Waals surface area contributed by atoms with Gasteiger partial charge in [0.2, 0.25) is 5.91 Å². The topological polar surface area (TPSA) is 63.2 Å². The minimum absolute atomic E-state index is 0.0138. The Balaban J connectivity index is 2.07. The van der Waals surface area contributed by atoms with Crippen LogP contribution in [0.4, 0.5) is 17.2 Å². The van der Waals surface area contributed by atoms with Gasteiger partial charge in [-0.3, -0.25) is 4.79 Å². The fraction of sp³-hybridized carbons (Fsp3) is 0.333. The molecule has 5 nitrogen and oxygen atoms in total. The van der Waals surface area contributed by atoms with Gasteiger partial charge in [-0.2, -0.15) is 0 Å². The monoisotopic (exact) mass is 347 g/mol. The average molecular weight is 348 g/mol. The van der Waals surface area contributed by atoms with Crippen molar-refractivity contribution in [1.82, 2.24) is 4.98 Å². The van der Waals surface area contributed by atoms with Crippen LogP contribution in [0.5, 0.6) is 5.75 Å². The molecule has 2 rings (SSSR count). The third-order valence-corrected chi connectivity index (χ3v) is 3.96. The largest absolute Gasteiger partial charge is 0.495 e. The highest BCUT2D eigenvalue weighted by molar-refractivity contribution is 6.31. The van der Waals surface area contributed by atoms with Crippen LogP contribution in [0, 0.1) is 6.92 Å². The zero-order valence-corrected chi connectivity index (χ0v) is 14.9. The highest BCUT2D eigenvalue weighted by atomic mass is 35.5. The third-order valence-electron chi connectivity index (χ3n) is 3.55. The van der Waals surface area contributed by atoms with E-state index in [-0.39, 0.29) is 5.91 Å². The molecule has 2 aromatic rings. The number of nitrogens with zero attached hydrogens (tertiary/aromatic N) is 1. The van der Waals surface area contributed by atoms with Crippen LogP contribution in [-0.2, 0) is 4.79 Å². The summed E-state index contributed by atoms with van der Waals surface area (Å²) < 4.78 is 5.34. The third kappa shape index (κ3) is 4.86. The van der Waals surface area contributed by atoms with Crippen molar-refractivity contribution in [3.63, 3.8) is 0 Å². The van der Waals surface area contributed by atoms with Crippen molar-refractivity contribution in [1.29, 1.82) is 0 Å². The van der Waals surface area contributed by atoms with E-state index in [0.717, 1.165) is 29.8 Å². The molecule has 0 aliphatic heterocycles. The van der Waals surface area contributed by atoms with Crippen LogP contribution in [0.15, 0.2) is 30.5 Å². The highest BCUT2D eigenvalue weighted by Crippen LogP contribution is 2.33. The SMILES string of the molecule is CCCCC(=O)Nc1ccc(Nc2cc(C)c(Cl)cc2OC)cn1. The molecule has 1 heterocycles. The lowest BCUT2D eigenvalue weighted by molar-refractivity contribution is -0.116. The van der Waals surface area contributed by atoms with Gasteiger partial charge in [-0.1, -0.05) is 24.9 Å². The number of carbonyl (C=O) groups is 1. The van der Waals surface area contributed by atoms with Crippen molar-refractivity contribution in [2.24, 2.45) is 0 Å². The number of nitrogens with one attached hydrogen (secondary N) is 2. The van der Waals surface area contributed by atoms with E-state index in [1.165, 1.54) is 0 Å². The molecule has 24 heavy (non-hydrogen) atoms. The number of carbonyl (C=O) groups excluding carboxylic acids is 1. The summed E-state index contributed by atoms with van der Waals surface area (Å²) in [4.78, 5) is 16.0. The zero-order valence-electron chi connectivity index (χ0n) is 14.1. The summed E-state index contributed by atoms with van der Waals surface area (Å²) in [5.41, 5.74) is 2.55. The number of unbranched alkanes of at least 4 members (excludes halogenated alkanes) is 1. The molecule has 0 saturated carbocycles. The molecule has 0 fully saturated rings. The van der Waals surface area contributed by atoms with Crippen LogP contribution < -0.4 is 15.4 Å². The van der Waals surface area contributed by atoms with Gasteiger partial charge >= 0.3 is 0 Å². The Morgan fingerprint density at radius 1 is 1.33 bits per heavy atom. The number of methoxy groups -OCH3 is 1. The maximum absolute atomic E-state index is 11.7. The summed E-state index contributed by atoms with van der Waals surface area (Å²) in [6.45, 7) is 3.98. The number of hydrogen-bond acceptors (Lipinski definition) is 4. The number of halogens is 1. The summed E-state index contributed by atoms with van der Waals surface area (Å²) in [6, 6.07) is 7.31. The first kappa shape index (κ1) is 18.1. The van der Waals surface area contributed by atoms with Gasteiger partial charge in [0.25, 0.3) is 0 Å². The molecule has 6 heteroatoms. The molecule has 0 spiro atoms. The van der Waals surface area contributed by atoms with Gasteiger partial charge < -0.3 is 15.4 Å². The van der Waals surface area contributed by atoms with Gasteiger partial charge in [-0.05, 0) is 37.1 Å². The van der Waals surface area contributed by atoms with Crippen molar-refractivity contribution in [3.05, 3.63) is 41.0 Å². The summed E-state index contributed by atoms with van der Waals surface area (Å²) in [5.74, 6) is 1.18. The number of anilines is 3. The summed E-state index contributed by atoms with van der Waals surface area (Å²) in [5, 5.41) is 6.69. The number of amides is 1. The Morgan fingerprint density at radius 2 is 2.12 bits per heavy atom. The van der Waals surface area contributed by atoms with E-state index < -0.39 is 0 Å². The first-order valence-electron chi connectivity index (χ1n) is 7.90. The Morgan fingerprint density at radius 3 is 2.75 bits per heavy atom. The molecule has 0 aliphatic rings. The molecule has 2 N–H and O–H groups in total. The predicted octanol–water partition coefficient (Wildman–Crippen LogP) is 4.92. The molecule has 1 amide bonds. The van der Waals surface area contributed by atoms with E-state index in [4.69, 9.17) is 16.3 Å². The van der Waals surface area contributed by atoms with Crippen LogP contribution in [0.25, 0.3) is 0 Å².